The maximum Gasteiger partial charge on any atom is 0.312 e. The third-order valence-electron chi connectivity index (χ3n) is 7.49. The van der Waals surface area contributed by atoms with Crippen LogP contribution in [0.15, 0.2) is 60.0 Å². The smallest absolute Gasteiger partial charge is 0.312 e. The molecule has 0 radical (unpaired) electrons. The number of thiophene rings is 1. The number of hydrogen-bond acceptors (Lipinski definition) is 7. The van der Waals surface area contributed by atoms with Gasteiger partial charge in [-0.05, 0) is 89.7 Å². The monoisotopic (exact) mass is 543 g/mol. The highest BCUT2D eigenvalue weighted by Crippen LogP contribution is 2.45. The van der Waals surface area contributed by atoms with Crippen LogP contribution in [0.1, 0.15) is 47.6 Å². The number of ether oxygens (including phenoxy) is 3. The van der Waals surface area contributed by atoms with Gasteiger partial charge in [-0.2, -0.15) is 0 Å². The van der Waals surface area contributed by atoms with E-state index in [-0.39, 0.29) is 11.9 Å². The summed E-state index contributed by atoms with van der Waals surface area (Å²) in [6.07, 6.45) is 0. The van der Waals surface area contributed by atoms with Crippen molar-refractivity contribution >= 4 is 38.4 Å². The van der Waals surface area contributed by atoms with Crippen molar-refractivity contribution in [2.24, 2.45) is 12.5 Å². The van der Waals surface area contributed by atoms with Gasteiger partial charge in [-0.15, -0.1) is 16.4 Å². The zero-order chi connectivity index (χ0) is 27.7. The van der Waals surface area contributed by atoms with Gasteiger partial charge in [0.2, 0.25) is 0 Å². The van der Waals surface area contributed by atoms with E-state index in [2.05, 4.69) is 46.9 Å². The van der Waals surface area contributed by atoms with Gasteiger partial charge in [0.1, 0.15) is 11.3 Å². The van der Waals surface area contributed by atoms with E-state index in [1.807, 2.05) is 51.2 Å². The predicted molar refractivity (Wildman–Crippen MR) is 154 cm³/mol. The number of fused-ring (bicyclic) bond motifs is 2. The third kappa shape index (κ3) is 5.02. The summed E-state index contributed by atoms with van der Waals surface area (Å²) >= 11 is 1.70. The van der Waals surface area contributed by atoms with E-state index >= 15 is 0 Å². The second-order valence-electron chi connectivity index (χ2n) is 10.4. The molecule has 0 spiro atoms. The molecule has 1 atom stereocenters. The van der Waals surface area contributed by atoms with Gasteiger partial charge in [0.15, 0.2) is 0 Å². The van der Waals surface area contributed by atoms with E-state index in [4.69, 9.17) is 14.2 Å². The Kier molecular flexibility index (Phi) is 7.42. The first-order valence-corrected chi connectivity index (χ1v) is 13.7. The van der Waals surface area contributed by atoms with Gasteiger partial charge in [0.05, 0.1) is 38.4 Å². The number of methoxy groups -OCH3 is 2. The van der Waals surface area contributed by atoms with Crippen molar-refractivity contribution in [3.8, 4) is 5.75 Å². The van der Waals surface area contributed by atoms with Crippen molar-refractivity contribution in [1.29, 1.82) is 0 Å². The lowest BCUT2D eigenvalue weighted by molar-refractivity contribution is -0.151. The SMILES string of the molecule is COC(=O)C(C)(C)C(c1cc(COCc2ccc(OC)cc2)c2sccc2c1)c1ccc2c(nnn2C)c1C. The Hall–Kier alpha value is -3.75. The summed E-state index contributed by atoms with van der Waals surface area (Å²) in [6.45, 7) is 6.88. The molecule has 202 valence electrons. The van der Waals surface area contributed by atoms with E-state index in [1.54, 1.807) is 23.1 Å². The third-order valence-corrected chi connectivity index (χ3v) is 8.50. The van der Waals surface area contributed by atoms with Gasteiger partial charge in [-0.1, -0.05) is 29.5 Å². The molecular formula is C31H33N3O4S. The van der Waals surface area contributed by atoms with Crippen molar-refractivity contribution in [2.45, 2.75) is 39.9 Å². The molecule has 0 fully saturated rings. The Morgan fingerprint density at radius 1 is 1.05 bits per heavy atom. The molecular weight excluding hydrogens is 510 g/mol. The molecule has 0 saturated carbocycles. The van der Waals surface area contributed by atoms with Crippen molar-refractivity contribution in [3.05, 3.63) is 87.8 Å². The highest BCUT2D eigenvalue weighted by atomic mass is 32.1. The molecule has 0 aliphatic rings. The number of carbonyl (C=O) groups is 1. The molecule has 0 aliphatic carbocycles. The number of rotatable bonds is 9. The summed E-state index contributed by atoms with van der Waals surface area (Å²) in [6, 6.07) is 18.5. The molecule has 0 N–H and O–H groups in total. The number of aromatic nitrogens is 3. The molecule has 0 aliphatic heterocycles. The van der Waals surface area contributed by atoms with Crippen LogP contribution in [0.2, 0.25) is 0 Å². The minimum Gasteiger partial charge on any atom is -0.497 e. The van der Waals surface area contributed by atoms with E-state index < -0.39 is 5.41 Å². The summed E-state index contributed by atoms with van der Waals surface area (Å²) in [4.78, 5) is 13.2. The van der Waals surface area contributed by atoms with Crippen LogP contribution in [0, 0.1) is 12.3 Å². The van der Waals surface area contributed by atoms with Gasteiger partial charge in [0.25, 0.3) is 0 Å². The topological polar surface area (TPSA) is 75.5 Å². The summed E-state index contributed by atoms with van der Waals surface area (Å²) in [7, 11) is 4.99. The molecule has 0 bridgehead atoms. The molecule has 7 nitrogen and oxygen atoms in total. The molecule has 3 aromatic carbocycles. The highest BCUT2D eigenvalue weighted by Gasteiger charge is 2.41. The van der Waals surface area contributed by atoms with Gasteiger partial charge < -0.3 is 14.2 Å². The van der Waals surface area contributed by atoms with Crippen LogP contribution in [0.4, 0.5) is 0 Å². The fourth-order valence-electron chi connectivity index (χ4n) is 5.38. The lowest BCUT2D eigenvalue weighted by Gasteiger charge is -2.34. The maximum atomic E-state index is 13.2. The fourth-order valence-corrected chi connectivity index (χ4v) is 6.27. The van der Waals surface area contributed by atoms with Crippen molar-refractivity contribution in [3.63, 3.8) is 0 Å². The van der Waals surface area contributed by atoms with Gasteiger partial charge in [0, 0.05) is 17.7 Å². The van der Waals surface area contributed by atoms with Crippen molar-refractivity contribution in [2.75, 3.05) is 14.2 Å². The lowest BCUT2D eigenvalue weighted by atomic mass is 9.69. The van der Waals surface area contributed by atoms with Crippen LogP contribution in [-0.4, -0.2) is 35.2 Å². The van der Waals surface area contributed by atoms with Crippen LogP contribution in [0.5, 0.6) is 5.75 Å². The summed E-state index contributed by atoms with van der Waals surface area (Å²) in [5.41, 5.74) is 6.17. The normalized spacial score (nSPS) is 12.7. The van der Waals surface area contributed by atoms with Crippen LogP contribution >= 0.6 is 11.3 Å². The van der Waals surface area contributed by atoms with E-state index in [1.165, 1.54) is 11.8 Å². The lowest BCUT2D eigenvalue weighted by Crippen LogP contribution is -2.34. The van der Waals surface area contributed by atoms with E-state index in [0.717, 1.165) is 50.0 Å². The zero-order valence-corrected chi connectivity index (χ0v) is 24.0. The molecule has 8 heteroatoms. The number of aryl methyl sites for hydroxylation is 2. The summed E-state index contributed by atoms with van der Waals surface area (Å²) < 4.78 is 19.7. The Labute approximate surface area is 232 Å². The van der Waals surface area contributed by atoms with Crippen LogP contribution in [0.3, 0.4) is 0 Å². The minimum absolute atomic E-state index is 0.270. The second-order valence-corrected chi connectivity index (χ2v) is 11.3. The molecule has 5 aromatic rings. The molecule has 39 heavy (non-hydrogen) atoms. The van der Waals surface area contributed by atoms with Gasteiger partial charge >= 0.3 is 5.97 Å². The quantitative estimate of drug-likeness (QED) is 0.196. The Morgan fingerprint density at radius 2 is 1.82 bits per heavy atom. The van der Waals surface area contributed by atoms with Gasteiger partial charge in [-0.25, -0.2) is 4.68 Å². The molecule has 2 aromatic heterocycles. The largest absolute Gasteiger partial charge is 0.497 e. The average molecular weight is 544 g/mol. The van der Waals surface area contributed by atoms with Crippen LogP contribution in [0.25, 0.3) is 21.1 Å². The van der Waals surface area contributed by atoms with Crippen LogP contribution < -0.4 is 4.74 Å². The fraction of sp³-hybridized carbons (Fsp3) is 0.323. The van der Waals surface area contributed by atoms with Crippen molar-refractivity contribution in [1.82, 2.24) is 15.0 Å². The van der Waals surface area contributed by atoms with E-state index in [9.17, 15) is 4.79 Å². The summed E-state index contributed by atoms with van der Waals surface area (Å²) in [5.74, 6) is 0.274. The standard InChI is InChI=1S/C31H33N3O4S/c1-19-25(11-12-26-28(19)32-33-34(26)4)27(31(2,3)30(35)37-6)22-15-21-13-14-39-29(21)23(16-22)18-38-17-20-7-9-24(36-5)10-8-20/h7-16,27H,17-18H2,1-6H3. The first kappa shape index (κ1) is 26.8. The first-order valence-electron chi connectivity index (χ1n) is 12.8. The molecule has 1 unspecified atom stereocenters. The number of carbonyl (C=O) groups excluding carboxylic acids is 1. The first-order chi connectivity index (χ1) is 18.7. The summed E-state index contributed by atoms with van der Waals surface area (Å²) in [5, 5.41) is 11.8. The Balaban J connectivity index is 1.57. The van der Waals surface area contributed by atoms with E-state index in [0.29, 0.717) is 13.2 Å². The maximum absolute atomic E-state index is 13.2. The molecule has 5 rings (SSSR count). The minimum atomic E-state index is -0.847. The van der Waals surface area contributed by atoms with Gasteiger partial charge in [-0.3, -0.25) is 4.79 Å². The number of esters is 1. The average Bonchev–Trinajstić information content (AvgIpc) is 3.57. The molecule has 0 saturated heterocycles. The Bertz CT molecular complexity index is 1640. The Morgan fingerprint density at radius 3 is 2.54 bits per heavy atom. The number of benzene rings is 3. The predicted octanol–water partition coefficient (Wildman–Crippen LogP) is 6.55. The highest BCUT2D eigenvalue weighted by molar-refractivity contribution is 7.17. The number of nitrogens with zero attached hydrogens (tertiary/aromatic N) is 3. The van der Waals surface area contributed by atoms with Crippen molar-refractivity contribution < 1.29 is 19.0 Å². The second kappa shape index (κ2) is 10.8. The number of hydrogen-bond donors (Lipinski definition) is 0. The molecule has 0 amide bonds. The zero-order valence-electron chi connectivity index (χ0n) is 23.1. The molecule has 2 heterocycles. The van der Waals surface area contributed by atoms with Crippen LogP contribution in [-0.2, 0) is 34.5 Å².